The van der Waals surface area contributed by atoms with Gasteiger partial charge in [0.25, 0.3) is 0 Å². The average molecular weight is 314 g/mol. The molecule has 2 unspecified atom stereocenters. The third-order valence-corrected chi connectivity index (χ3v) is 5.52. The first-order valence-corrected chi connectivity index (χ1v) is 8.50. The highest BCUT2D eigenvalue weighted by atomic mass is 32.2. The number of ether oxygens (including phenoxy) is 1. The molecule has 0 spiro atoms. The Morgan fingerprint density at radius 2 is 2.10 bits per heavy atom. The highest BCUT2D eigenvalue weighted by Crippen LogP contribution is 2.31. The van der Waals surface area contributed by atoms with Gasteiger partial charge in [-0.25, -0.2) is 13.1 Å². The topological polar surface area (TPSA) is 102 Å². The number of hydrogen-bond donors (Lipinski definition) is 3. The van der Waals surface area contributed by atoms with Crippen LogP contribution in [0.4, 0.5) is 5.69 Å². The van der Waals surface area contributed by atoms with Gasteiger partial charge in [0.1, 0.15) is 5.75 Å². The predicted octanol–water partition coefficient (Wildman–Crippen LogP) is 0.964. The summed E-state index contributed by atoms with van der Waals surface area (Å²) >= 11 is 0. The molecule has 118 valence electrons. The second-order valence-electron chi connectivity index (χ2n) is 5.39. The van der Waals surface area contributed by atoms with Gasteiger partial charge in [0.2, 0.25) is 10.0 Å². The normalized spacial score (nSPS) is 22.4. The van der Waals surface area contributed by atoms with E-state index in [0.717, 1.165) is 19.3 Å². The van der Waals surface area contributed by atoms with E-state index in [0.29, 0.717) is 12.3 Å². The zero-order valence-electron chi connectivity index (χ0n) is 12.1. The summed E-state index contributed by atoms with van der Waals surface area (Å²) in [4.78, 5) is 0.124. The van der Waals surface area contributed by atoms with Crippen LogP contribution in [-0.4, -0.2) is 33.8 Å². The van der Waals surface area contributed by atoms with Crippen molar-refractivity contribution < 1.29 is 18.3 Å². The number of methoxy groups -OCH3 is 1. The summed E-state index contributed by atoms with van der Waals surface area (Å²) in [6, 6.07) is 4.39. The van der Waals surface area contributed by atoms with Gasteiger partial charge in [-0.3, -0.25) is 0 Å². The lowest BCUT2D eigenvalue weighted by Crippen LogP contribution is -2.31. The molecule has 1 aromatic rings. The van der Waals surface area contributed by atoms with Crippen molar-refractivity contribution in [3.05, 3.63) is 18.2 Å². The van der Waals surface area contributed by atoms with Gasteiger partial charge in [-0.1, -0.05) is 6.42 Å². The lowest BCUT2D eigenvalue weighted by molar-refractivity contribution is 0.195. The SMILES string of the molecule is COc1ccc(S(=O)(=O)NCC2CCCC2CO)cc1N. The molecule has 0 aliphatic heterocycles. The molecule has 0 bridgehead atoms. The van der Waals surface area contributed by atoms with Crippen molar-refractivity contribution >= 4 is 15.7 Å². The first kappa shape index (κ1) is 16.1. The highest BCUT2D eigenvalue weighted by Gasteiger charge is 2.28. The van der Waals surface area contributed by atoms with E-state index in [9.17, 15) is 13.5 Å². The average Bonchev–Trinajstić information content (AvgIpc) is 2.92. The number of nitrogens with one attached hydrogen (secondary N) is 1. The van der Waals surface area contributed by atoms with Crippen molar-refractivity contribution in [1.29, 1.82) is 0 Å². The molecule has 2 atom stereocenters. The van der Waals surface area contributed by atoms with Crippen LogP contribution in [0.5, 0.6) is 5.75 Å². The maximum Gasteiger partial charge on any atom is 0.240 e. The molecule has 0 saturated heterocycles. The number of anilines is 1. The van der Waals surface area contributed by atoms with E-state index in [1.54, 1.807) is 0 Å². The van der Waals surface area contributed by atoms with E-state index in [4.69, 9.17) is 10.5 Å². The first-order valence-electron chi connectivity index (χ1n) is 7.02. The molecular weight excluding hydrogens is 292 g/mol. The zero-order chi connectivity index (χ0) is 15.5. The minimum absolute atomic E-state index is 0.113. The fourth-order valence-corrected chi connectivity index (χ4v) is 3.93. The summed E-state index contributed by atoms with van der Waals surface area (Å²) in [5, 5.41) is 9.27. The molecule has 21 heavy (non-hydrogen) atoms. The van der Waals surface area contributed by atoms with Gasteiger partial charge in [0.15, 0.2) is 0 Å². The summed E-state index contributed by atoms with van der Waals surface area (Å²) < 4.78 is 32.2. The van der Waals surface area contributed by atoms with Gasteiger partial charge in [0.05, 0.1) is 17.7 Å². The second-order valence-corrected chi connectivity index (χ2v) is 7.16. The number of aliphatic hydroxyl groups is 1. The largest absolute Gasteiger partial charge is 0.495 e. The molecule has 6 nitrogen and oxygen atoms in total. The van der Waals surface area contributed by atoms with Crippen LogP contribution in [-0.2, 0) is 10.0 Å². The minimum Gasteiger partial charge on any atom is -0.495 e. The maximum atomic E-state index is 12.3. The van der Waals surface area contributed by atoms with E-state index in [1.807, 2.05) is 0 Å². The molecule has 0 heterocycles. The Bertz CT molecular complexity index is 589. The van der Waals surface area contributed by atoms with Crippen LogP contribution >= 0.6 is 0 Å². The fraction of sp³-hybridized carbons (Fsp3) is 0.571. The predicted molar refractivity (Wildman–Crippen MR) is 80.5 cm³/mol. The van der Waals surface area contributed by atoms with Gasteiger partial charge in [-0.2, -0.15) is 0 Å². The highest BCUT2D eigenvalue weighted by molar-refractivity contribution is 7.89. The Labute approximate surface area is 125 Å². The lowest BCUT2D eigenvalue weighted by atomic mass is 9.97. The summed E-state index contributed by atoms with van der Waals surface area (Å²) in [6.07, 6.45) is 2.93. The molecule has 0 radical (unpaired) electrons. The van der Waals surface area contributed by atoms with E-state index in [1.165, 1.54) is 25.3 Å². The number of nitrogen functional groups attached to an aromatic ring is 1. The van der Waals surface area contributed by atoms with Crippen LogP contribution < -0.4 is 15.2 Å². The number of sulfonamides is 1. The second kappa shape index (κ2) is 6.64. The third kappa shape index (κ3) is 3.66. The van der Waals surface area contributed by atoms with Crippen molar-refractivity contribution in [3.63, 3.8) is 0 Å². The molecule has 1 fully saturated rings. The van der Waals surface area contributed by atoms with Crippen LogP contribution in [0.3, 0.4) is 0 Å². The molecule has 7 heteroatoms. The van der Waals surface area contributed by atoms with E-state index in [2.05, 4.69) is 4.72 Å². The van der Waals surface area contributed by atoms with Crippen LogP contribution in [0.15, 0.2) is 23.1 Å². The van der Waals surface area contributed by atoms with Crippen LogP contribution in [0.25, 0.3) is 0 Å². The van der Waals surface area contributed by atoms with Gasteiger partial charge in [-0.05, 0) is 42.9 Å². The van der Waals surface area contributed by atoms with E-state index >= 15 is 0 Å². The number of nitrogens with two attached hydrogens (primary N) is 1. The molecular formula is C14H22N2O4S. The summed E-state index contributed by atoms with van der Waals surface area (Å²) in [7, 11) is -2.11. The first-order chi connectivity index (χ1) is 9.97. The summed E-state index contributed by atoms with van der Waals surface area (Å²) in [5.41, 5.74) is 6.03. The smallest absolute Gasteiger partial charge is 0.240 e. The number of aliphatic hydroxyl groups excluding tert-OH is 1. The molecule has 1 aromatic carbocycles. The summed E-state index contributed by atoms with van der Waals surface area (Å²) in [6.45, 7) is 0.460. The van der Waals surface area contributed by atoms with Crippen molar-refractivity contribution in [1.82, 2.24) is 4.72 Å². The monoisotopic (exact) mass is 314 g/mol. The molecule has 2 rings (SSSR count). The minimum atomic E-state index is -3.59. The quantitative estimate of drug-likeness (QED) is 0.679. The Balaban J connectivity index is 2.06. The van der Waals surface area contributed by atoms with Crippen molar-refractivity contribution in [2.75, 3.05) is 26.0 Å². The van der Waals surface area contributed by atoms with Crippen LogP contribution in [0.1, 0.15) is 19.3 Å². The Hall–Kier alpha value is -1.31. The van der Waals surface area contributed by atoms with Crippen molar-refractivity contribution in [3.8, 4) is 5.75 Å². The van der Waals surface area contributed by atoms with E-state index < -0.39 is 10.0 Å². The number of hydrogen-bond acceptors (Lipinski definition) is 5. The molecule has 1 aliphatic carbocycles. The zero-order valence-corrected chi connectivity index (χ0v) is 12.9. The Kier molecular flexibility index (Phi) is 5.08. The number of rotatable bonds is 6. The molecule has 4 N–H and O–H groups in total. The standard InChI is InChI=1S/C14H22N2O4S/c1-20-14-6-5-12(7-13(14)15)21(18,19)16-8-10-3-2-4-11(10)9-17/h5-7,10-11,16-17H,2-4,8-9,15H2,1H3. The molecule has 0 amide bonds. The third-order valence-electron chi connectivity index (χ3n) is 4.10. The van der Waals surface area contributed by atoms with Crippen molar-refractivity contribution in [2.24, 2.45) is 11.8 Å². The molecule has 1 aliphatic rings. The van der Waals surface area contributed by atoms with Crippen molar-refractivity contribution in [2.45, 2.75) is 24.2 Å². The van der Waals surface area contributed by atoms with Crippen LogP contribution in [0.2, 0.25) is 0 Å². The molecule has 0 aromatic heterocycles. The summed E-state index contributed by atoms with van der Waals surface area (Å²) in [5.74, 6) is 0.832. The Morgan fingerprint density at radius 1 is 1.38 bits per heavy atom. The van der Waals surface area contributed by atoms with Gasteiger partial charge < -0.3 is 15.6 Å². The Morgan fingerprint density at radius 3 is 2.71 bits per heavy atom. The van der Waals surface area contributed by atoms with Crippen LogP contribution in [0, 0.1) is 11.8 Å². The molecule has 1 saturated carbocycles. The fourth-order valence-electron chi connectivity index (χ4n) is 2.80. The lowest BCUT2D eigenvalue weighted by Gasteiger charge is -2.18. The van der Waals surface area contributed by atoms with Gasteiger partial charge in [-0.15, -0.1) is 0 Å². The van der Waals surface area contributed by atoms with Gasteiger partial charge >= 0.3 is 0 Å². The number of benzene rings is 1. The van der Waals surface area contributed by atoms with E-state index in [-0.39, 0.29) is 29.0 Å². The maximum absolute atomic E-state index is 12.3. The van der Waals surface area contributed by atoms with Gasteiger partial charge in [0, 0.05) is 13.2 Å².